The van der Waals surface area contributed by atoms with Crippen LogP contribution in [0.4, 0.5) is 5.69 Å². The first-order chi connectivity index (χ1) is 13.5. The lowest BCUT2D eigenvalue weighted by atomic mass is 10.2. The van der Waals surface area contributed by atoms with E-state index in [-0.39, 0.29) is 11.4 Å². The van der Waals surface area contributed by atoms with Crippen LogP contribution in [0.15, 0.2) is 87.7 Å². The van der Waals surface area contributed by atoms with Gasteiger partial charge in [0.1, 0.15) is 12.0 Å². The fraction of sp³-hybridized carbons (Fsp3) is 0.0952. The zero-order chi connectivity index (χ0) is 19.6. The van der Waals surface area contributed by atoms with Crippen molar-refractivity contribution in [2.45, 2.75) is 18.4 Å². The molecule has 0 aliphatic heterocycles. The van der Waals surface area contributed by atoms with Gasteiger partial charge in [0.05, 0.1) is 22.0 Å². The Labute approximate surface area is 168 Å². The summed E-state index contributed by atoms with van der Waals surface area (Å²) in [6.07, 6.45) is 1.51. The molecule has 2 heterocycles. The topological polar surface area (TPSA) is 63.4 Å². The summed E-state index contributed by atoms with van der Waals surface area (Å²) >= 11 is 1.52. The van der Waals surface area contributed by atoms with E-state index in [0.29, 0.717) is 17.3 Å². The number of sulfonamides is 1. The van der Waals surface area contributed by atoms with Crippen LogP contribution in [-0.2, 0) is 16.6 Å². The second-order valence-corrected chi connectivity index (χ2v) is 9.10. The maximum absolute atomic E-state index is 13.4. The molecule has 2 aromatic heterocycles. The predicted octanol–water partition coefficient (Wildman–Crippen LogP) is 5.11. The molecule has 0 N–H and O–H groups in total. The van der Waals surface area contributed by atoms with Crippen molar-refractivity contribution in [3.63, 3.8) is 0 Å². The van der Waals surface area contributed by atoms with Gasteiger partial charge >= 0.3 is 0 Å². The molecule has 0 atom stereocenters. The highest BCUT2D eigenvalue weighted by atomic mass is 32.2. The summed E-state index contributed by atoms with van der Waals surface area (Å²) in [7, 11) is -3.77. The summed E-state index contributed by atoms with van der Waals surface area (Å²) in [6.45, 7) is 1.95. The summed E-state index contributed by atoms with van der Waals surface area (Å²) < 4.78 is 33.7. The van der Waals surface area contributed by atoms with Crippen LogP contribution in [0.2, 0.25) is 0 Å². The third-order valence-electron chi connectivity index (χ3n) is 4.21. The molecule has 0 aliphatic rings. The molecule has 0 unspecified atom stereocenters. The van der Waals surface area contributed by atoms with Crippen LogP contribution in [-0.4, -0.2) is 13.4 Å². The van der Waals surface area contributed by atoms with Crippen LogP contribution in [0.3, 0.4) is 0 Å². The lowest BCUT2D eigenvalue weighted by Gasteiger charge is -2.23. The fourth-order valence-corrected chi connectivity index (χ4v) is 5.05. The summed E-state index contributed by atoms with van der Waals surface area (Å²) in [5.74, 6) is 0.492. The van der Waals surface area contributed by atoms with Crippen LogP contribution in [0.25, 0.3) is 10.8 Å². The molecule has 7 heteroatoms. The number of anilines is 1. The molecule has 4 aromatic rings. The van der Waals surface area contributed by atoms with Crippen molar-refractivity contribution in [3.05, 3.63) is 89.6 Å². The molecule has 0 saturated heterocycles. The maximum Gasteiger partial charge on any atom is 0.264 e. The van der Waals surface area contributed by atoms with Gasteiger partial charge in [0.2, 0.25) is 5.89 Å². The van der Waals surface area contributed by atoms with Crippen molar-refractivity contribution in [2.75, 3.05) is 4.31 Å². The number of oxazole rings is 1. The molecule has 5 nitrogen and oxygen atoms in total. The first kappa shape index (κ1) is 18.5. The molecule has 0 radical (unpaired) electrons. The molecule has 0 spiro atoms. The van der Waals surface area contributed by atoms with Gasteiger partial charge < -0.3 is 4.42 Å². The van der Waals surface area contributed by atoms with Crippen molar-refractivity contribution >= 4 is 27.0 Å². The highest BCUT2D eigenvalue weighted by Gasteiger charge is 2.26. The molecular formula is C21H18N2O3S2. The number of benzene rings is 2. The minimum absolute atomic E-state index is 0.0785. The second-order valence-electron chi connectivity index (χ2n) is 6.29. The number of hydrogen-bond donors (Lipinski definition) is 0. The minimum Gasteiger partial charge on any atom is -0.443 e. The van der Waals surface area contributed by atoms with Gasteiger partial charge in [-0.3, -0.25) is 4.31 Å². The molecular weight excluding hydrogens is 392 g/mol. The molecule has 0 amide bonds. The molecule has 0 aliphatic carbocycles. The predicted molar refractivity (Wildman–Crippen MR) is 111 cm³/mol. The molecule has 142 valence electrons. The van der Waals surface area contributed by atoms with Crippen LogP contribution < -0.4 is 4.31 Å². The van der Waals surface area contributed by atoms with Gasteiger partial charge in [-0.15, -0.1) is 11.3 Å². The Hall–Kier alpha value is -2.90. The molecule has 4 rings (SSSR count). The average molecular weight is 411 g/mol. The van der Waals surface area contributed by atoms with E-state index in [2.05, 4.69) is 4.98 Å². The number of nitrogens with zero attached hydrogens (tertiary/aromatic N) is 2. The van der Waals surface area contributed by atoms with Crippen molar-refractivity contribution < 1.29 is 12.8 Å². The Balaban J connectivity index is 1.73. The third kappa shape index (κ3) is 3.72. The highest BCUT2D eigenvalue weighted by molar-refractivity contribution is 7.92. The van der Waals surface area contributed by atoms with E-state index in [1.165, 1.54) is 21.9 Å². The summed E-state index contributed by atoms with van der Waals surface area (Å²) in [6, 6.07) is 19.8. The van der Waals surface area contributed by atoms with Gasteiger partial charge in [0.15, 0.2) is 0 Å². The van der Waals surface area contributed by atoms with E-state index in [4.69, 9.17) is 4.42 Å². The van der Waals surface area contributed by atoms with Crippen molar-refractivity contribution in [3.8, 4) is 10.8 Å². The molecule has 0 fully saturated rings. The number of para-hydroxylation sites is 1. The fourth-order valence-electron chi connectivity index (χ4n) is 2.85. The van der Waals surface area contributed by atoms with E-state index in [9.17, 15) is 8.42 Å². The van der Waals surface area contributed by atoms with Gasteiger partial charge in [0.25, 0.3) is 10.0 Å². The second kappa shape index (κ2) is 7.61. The Kier molecular flexibility index (Phi) is 5.02. The first-order valence-electron chi connectivity index (χ1n) is 8.67. The summed E-state index contributed by atoms with van der Waals surface area (Å²) in [5.41, 5.74) is 2.00. The minimum atomic E-state index is -3.77. The third-order valence-corrected chi connectivity index (χ3v) is 6.84. The van der Waals surface area contributed by atoms with E-state index in [1.807, 2.05) is 48.7 Å². The SMILES string of the molecule is Cc1cccc(S(=O)(=O)N(Cc2coc(-c3cccs3)n2)c2ccccc2)c1. The maximum atomic E-state index is 13.4. The number of thiophene rings is 1. The highest BCUT2D eigenvalue weighted by Crippen LogP contribution is 2.28. The van der Waals surface area contributed by atoms with Crippen molar-refractivity contribution in [1.29, 1.82) is 0 Å². The van der Waals surface area contributed by atoms with Crippen LogP contribution in [0, 0.1) is 6.92 Å². The number of hydrogen-bond acceptors (Lipinski definition) is 5. The summed E-state index contributed by atoms with van der Waals surface area (Å²) in [5, 5.41) is 1.94. The standard InChI is InChI=1S/C21H18N2O3S2/c1-16-7-5-10-19(13-16)28(24,25)23(18-8-3-2-4-9-18)14-17-15-26-21(22-17)20-11-6-12-27-20/h2-13,15H,14H2,1H3. The monoisotopic (exact) mass is 410 g/mol. The normalized spacial score (nSPS) is 11.5. The van der Waals surface area contributed by atoms with Crippen LogP contribution >= 0.6 is 11.3 Å². The Morgan fingerprint density at radius 1 is 1.04 bits per heavy atom. The van der Waals surface area contributed by atoms with E-state index >= 15 is 0 Å². The Bertz CT molecular complexity index is 1170. The van der Waals surface area contributed by atoms with Crippen molar-refractivity contribution in [1.82, 2.24) is 4.98 Å². The average Bonchev–Trinajstić information content (AvgIpc) is 3.38. The Morgan fingerprint density at radius 3 is 2.57 bits per heavy atom. The summed E-state index contributed by atoms with van der Waals surface area (Å²) in [4.78, 5) is 5.63. The van der Waals surface area contributed by atoms with Gasteiger partial charge in [-0.05, 0) is 48.2 Å². The molecule has 0 bridgehead atoms. The van der Waals surface area contributed by atoms with Gasteiger partial charge in [0, 0.05) is 0 Å². The quantitative estimate of drug-likeness (QED) is 0.443. The van der Waals surface area contributed by atoms with Gasteiger partial charge in [-0.2, -0.15) is 0 Å². The number of aryl methyl sites for hydroxylation is 1. The Morgan fingerprint density at radius 2 is 1.86 bits per heavy atom. The lowest BCUT2D eigenvalue weighted by Crippen LogP contribution is -2.30. The molecule has 2 aromatic carbocycles. The zero-order valence-electron chi connectivity index (χ0n) is 15.1. The first-order valence-corrected chi connectivity index (χ1v) is 11.0. The zero-order valence-corrected chi connectivity index (χ0v) is 16.8. The number of rotatable bonds is 6. The van der Waals surface area contributed by atoms with Crippen molar-refractivity contribution in [2.24, 2.45) is 0 Å². The van der Waals surface area contributed by atoms with Crippen LogP contribution in [0.5, 0.6) is 0 Å². The van der Waals surface area contributed by atoms with E-state index in [0.717, 1.165) is 10.4 Å². The number of aromatic nitrogens is 1. The smallest absolute Gasteiger partial charge is 0.264 e. The van der Waals surface area contributed by atoms with Gasteiger partial charge in [-0.25, -0.2) is 13.4 Å². The molecule has 28 heavy (non-hydrogen) atoms. The largest absolute Gasteiger partial charge is 0.443 e. The van der Waals surface area contributed by atoms with Crippen LogP contribution in [0.1, 0.15) is 11.3 Å². The lowest BCUT2D eigenvalue weighted by molar-refractivity contribution is 0.573. The van der Waals surface area contributed by atoms with E-state index in [1.54, 1.807) is 30.3 Å². The van der Waals surface area contributed by atoms with E-state index < -0.39 is 10.0 Å². The molecule has 0 saturated carbocycles. The van der Waals surface area contributed by atoms with Gasteiger partial charge in [-0.1, -0.05) is 36.4 Å².